The number of pyridine rings is 1. The van der Waals surface area contributed by atoms with Gasteiger partial charge in [-0.15, -0.1) is 0 Å². The van der Waals surface area contributed by atoms with Crippen LogP contribution in [-0.2, 0) is 0 Å². The number of halogens is 1. The second-order valence-electron chi connectivity index (χ2n) is 9.52. The lowest BCUT2D eigenvalue weighted by Gasteiger charge is -2.47. The van der Waals surface area contributed by atoms with E-state index in [1.807, 2.05) is 30.3 Å². The van der Waals surface area contributed by atoms with E-state index >= 15 is 4.39 Å². The molecule has 6 nitrogen and oxygen atoms in total. The van der Waals surface area contributed by atoms with Gasteiger partial charge in [-0.2, -0.15) is 0 Å². The number of H-pyrrole nitrogens is 1. The molecule has 3 saturated carbocycles. The standard InChI is InChI=1S/C27H25FN6/c1-15-16-8-10-18(11-9-16)23(15)33-27-22(28)21(17-6-4-3-5-7-17)25(29-2)24(34-27)19-13-31-26-20(19)12-30-14-32-26/h3-7,12-16,18,23H,8-11H2,1H3,(H,33,34)(H,30,31,32)/t15-,16?,18?,23+/m1/s1. The van der Waals surface area contributed by atoms with Gasteiger partial charge in [-0.1, -0.05) is 37.3 Å². The fourth-order valence-corrected chi connectivity index (χ4v) is 6.03. The maximum absolute atomic E-state index is 16.2. The lowest BCUT2D eigenvalue weighted by Crippen LogP contribution is -2.47. The summed E-state index contributed by atoms with van der Waals surface area (Å²) >= 11 is 0. The van der Waals surface area contributed by atoms with E-state index in [1.165, 1.54) is 32.0 Å². The van der Waals surface area contributed by atoms with Crippen molar-refractivity contribution < 1.29 is 4.39 Å². The Kier molecular flexibility index (Phi) is 5.02. The van der Waals surface area contributed by atoms with Crippen molar-refractivity contribution in [3.8, 4) is 22.4 Å². The molecule has 170 valence electrons. The summed E-state index contributed by atoms with van der Waals surface area (Å²) in [6.07, 6.45) is 9.80. The first kappa shape index (κ1) is 20.8. The minimum Gasteiger partial charge on any atom is -0.364 e. The van der Waals surface area contributed by atoms with E-state index in [4.69, 9.17) is 11.6 Å². The molecule has 2 bridgehead atoms. The number of rotatable bonds is 4. The normalized spacial score (nSPS) is 23.7. The van der Waals surface area contributed by atoms with Crippen LogP contribution in [0.3, 0.4) is 0 Å². The van der Waals surface area contributed by atoms with Crippen molar-refractivity contribution in [1.29, 1.82) is 0 Å². The minimum atomic E-state index is -0.467. The Labute approximate surface area is 197 Å². The third-order valence-electron chi connectivity index (χ3n) is 7.83. The molecular formula is C27H25FN6. The summed E-state index contributed by atoms with van der Waals surface area (Å²) < 4.78 is 16.2. The Morgan fingerprint density at radius 3 is 2.62 bits per heavy atom. The van der Waals surface area contributed by atoms with Crippen molar-refractivity contribution >= 4 is 22.5 Å². The number of hydrogen-bond acceptors (Lipinski definition) is 4. The van der Waals surface area contributed by atoms with E-state index < -0.39 is 5.82 Å². The second-order valence-corrected chi connectivity index (χ2v) is 9.52. The summed E-state index contributed by atoms with van der Waals surface area (Å²) in [7, 11) is 0. The highest BCUT2D eigenvalue weighted by molar-refractivity contribution is 6.00. The summed E-state index contributed by atoms with van der Waals surface area (Å²) in [6.45, 7) is 10.2. The van der Waals surface area contributed by atoms with E-state index in [0.717, 1.165) is 5.39 Å². The highest BCUT2D eigenvalue weighted by Crippen LogP contribution is 2.48. The number of aromatic nitrogens is 4. The highest BCUT2D eigenvalue weighted by atomic mass is 19.1. The number of nitrogens with one attached hydrogen (secondary N) is 2. The zero-order valence-electron chi connectivity index (χ0n) is 18.9. The van der Waals surface area contributed by atoms with Crippen LogP contribution >= 0.6 is 0 Å². The average Bonchev–Trinajstić information content (AvgIpc) is 3.31. The Morgan fingerprint density at radius 1 is 1.12 bits per heavy atom. The summed E-state index contributed by atoms with van der Waals surface area (Å²) in [5, 5.41) is 4.26. The molecular weight excluding hydrogens is 427 g/mol. The van der Waals surface area contributed by atoms with Gasteiger partial charge in [-0.05, 0) is 49.0 Å². The van der Waals surface area contributed by atoms with E-state index in [1.54, 1.807) is 12.4 Å². The first-order chi connectivity index (χ1) is 16.7. The molecule has 7 rings (SSSR count). The number of fused-ring (bicyclic) bond motifs is 4. The number of anilines is 1. The molecule has 0 spiro atoms. The molecule has 4 aromatic rings. The van der Waals surface area contributed by atoms with Gasteiger partial charge in [-0.3, -0.25) is 0 Å². The summed E-state index contributed by atoms with van der Waals surface area (Å²) in [5.74, 6) is 1.40. The lowest BCUT2D eigenvalue weighted by molar-refractivity contribution is 0.0926. The van der Waals surface area contributed by atoms with Crippen molar-refractivity contribution in [1.82, 2.24) is 19.9 Å². The molecule has 0 saturated heterocycles. The van der Waals surface area contributed by atoms with Crippen LogP contribution < -0.4 is 5.32 Å². The molecule has 2 N–H and O–H groups in total. The quantitative estimate of drug-likeness (QED) is 0.342. The van der Waals surface area contributed by atoms with Gasteiger partial charge in [-0.25, -0.2) is 24.2 Å². The van der Waals surface area contributed by atoms with Crippen LogP contribution in [0, 0.1) is 30.1 Å². The first-order valence-electron chi connectivity index (χ1n) is 11.9. The summed E-state index contributed by atoms with van der Waals surface area (Å²) in [5.41, 5.74) is 2.92. The van der Waals surface area contributed by atoms with Crippen molar-refractivity contribution in [3.05, 3.63) is 66.3 Å². The Hall–Kier alpha value is -3.79. The largest absolute Gasteiger partial charge is 0.364 e. The first-order valence-corrected chi connectivity index (χ1v) is 11.9. The molecule has 34 heavy (non-hydrogen) atoms. The molecule has 0 radical (unpaired) electrons. The van der Waals surface area contributed by atoms with Gasteiger partial charge in [0.15, 0.2) is 11.6 Å². The van der Waals surface area contributed by atoms with E-state index in [9.17, 15) is 0 Å². The van der Waals surface area contributed by atoms with Crippen LogP contribution in [0.1, 0.15) is 32.6 Å². The third kappa shape index (κ3) is 3.25. The van der Waals surface area contributed by atoms with Gasteiger partial charge in [0.25, 0.3) is 0 Å². The predicted octanol–water partition coefficient (Wildman–Crippen LogP) is 6.61. The third-order valence-corrected chi connectivity index (χ3v) is 7.83. The molecule has 3 heterocycles. The average molecular weight is 453 g/mol. The van der Waals surface area contributed by atoms with Gasteiger partial charge < -0.3 is 10.3 Å². The molecule has 3 fully saturated rings. The van der Waals surface area contributed by atoms with Crippen LogP contribution in [0.15, 0.2) is 49.1 Å². The van der Waals surface area contributed by atoms with Crippen LogP contribution in [-0.4, -0.2) is 26.0 Å². The maximum Gasteiger partial charge on any atom is 0.223 e. The lowest BCUT2D eigenvalue weighted by atomic mass is 9.62. The molecule has 1 aromatic carbocycles. The van der Waals surface area contributed by atoms with Crippen molar-refractivity contribution in [2.45, 2.75) is 38.6 Å². The maximum atomic E-state index is 16.2. The molecule has 7 heteroatoms. The Bertz CT molecular complexity index is 1400. The van der Waals surface area contributed by atoms with E-state index in [0.29, 0.717) is 40.2 Å². The molecule has 3 aliphatic rings. The fourth-order valence-electron chi connectivity index (χ4n) is 6.03. The predicted molar refractivity (Wildman–Crippen MR) is 131 cm³/mol. The SMILES string of the molecule is [C-]#[N+]c1c(-c2c[nH]c3ncncc23)nc(N[C@@H]2C3CCC(CC3)[C@H]2C)c(F)c1-c1ccccc1. The van der Waals surface area contributed by atoms with Crippen molar-refractivity contribution in [3.63, 3.8) is 0 Å². The van der Waals surface area contributed by atoms with Gasteiger partial charge in [0.05, 0.1) is 12.3 Å². The Balaban J connectivity index is 1.56. The minimum absolute atomic E-state index is 0.177. The topological polar surface area (TPSA) is 70.8 Å². The van der Waals surface area contributed by atoms with Crippen LogP contribution in [0.5, 0.6) is 0 Å². The Morgan fingerprint density at radius 2 is 1.88 bits per heavy atom. The highest BCUT2D eigenvalue weighted by Gasteiger charge is 2.42. The smallest absolute Gasteiger partial charge is 0.223 e. The van der Waals surface area contributed by atoms with Gasteiger partial charge in [0.2, 0.25) is 5.69 Å². The van der Waals surface area contributed by atoms with Gasteiger partial charge in [0.1, 0.15) is 12.0 Å². The molecule has 0 unspecified atom stereocenters. The van der Waals surface area contributed by atoms with Crippen molar-refractivity contribution in [2.24, 2.45) is 17.8 Å². The van der Waals surface area contributed by atoms with Gasteiger partial charge >= 0.3 is 0 Å². The van der Waals surface area contributed by atoms with Crippen LogP contribution in [0.4, 0.5) is 15.9 Å². The molecule has 3 aromatic heterocycles. The molecule has 2 atom stereocenters. The fraction of sp³-hybridized carbons (Fsp3) is 0.333. The zero-order valence-corrected chi connectivity index (χ0v) is 18.9. The zero-order chi connectivity index (χ0) is 23.2. The molecule has 0 amide bonds. The van der Waals surface area contributed by atoms with Crippen molar-refractivity contribution in [2.75, 3.05) is 5.32 Å². The summed E-state index contributed by atoms with van der Waals surface area (Å²) in [6, 6.07) is 9.46. The van der Waals surface area contributed by atoms with E-state index in [2.05, 4.69) is 32.0 Å². The monoisotopic (exact) mass is 452 g/mol. The number of hydrogen-bond donors (Lipinski definition) is 2. The van der Waals surface area contributed by atoms with Crippen LogP contribution in [0.25, 0.3) is 38.3 Å². The second kappa shape index (κ2) is 8.21. The number of nitrogens with zero attached hydrogens (tertiary/aromatic N) is 4. The molecule has 3 aliphatic carbocycles. The molecule has 0 aliphatic heterocycles. The number of aromatic amines is 1. The van der Waals surface area contributed by atoms with Crippen LogP contribution in [0.2, 0.25) is 0 Å². The number of benzene rings is 1. The summed E-state index contributed by atoms with van der Waals surface area (Å²) in [4.78, 5) is 20.1. The van der Waals surface area contributed by atoms with E-state index in [-0.39, 0.29) is 23.1 Å². The van der Waals surface area contributed by atoms with Gasteiger partial charge in [0, 0.05) is 34.9 Å².